The van der Waals surface area contributed by atoms with Gasteiger partial charge in [0.2, 0.25) is 0 Å². The van der Waals surface area contributed by atoms with Gasteiger partial charge in [0.1, 0.15) is 0 Å². The smallest absolute Gasteiger partial charge is 0.0132 e. The standard InChI is InChI=1S/C14H14.C12H12.C12H16.C11H10.C11H16/c1-11-3-7-13(8-4-11)14-9-5-12(2)6-10-14;1-2-10-7-5-8-11-6-3-4-9-12(10)11;1-3-4-5-8-12-9-6-7-11(2)10-12;1-9-5-4-7-10-6-2-3-8-11(9)10;1-9-5-7-10(8-6-9)11(2,3)4/h3-10H,1-2H3;3-9H,2H2,1H3;3,6-7,9-10H,1,4-5,8H2,2H3;2-8H,1H3;5-8H,1-4H3. The first kappa shape index (κ1) is 46.7. The van der Waals surface area contributed by atoms with Crippen LogP contribution in [0.25, 0.3) is 32.7 Å². The number of hydrogen-bond acceptors (Lipinski definition) is 0. The maximum atomic E-state index is 3.71. The van der Waals surface area contributed by atoms with Crippen molar-refractivity contribution in [1.29, 1.82) is 0 Å². The molecule has 0 amide bonds. The summed E-state index contributed by atoms with van der Waals surface area (Å²) >= 11 is 0. The molecule has 0 aliphatic heterocycles. The van der Waals surface area contributed by atoms with Crippen molar-refractivity contribution in [3.63, 3.8) is 0 Å². The van der Waals surface area contributed by atoms with Crippen LogP contribution < -0.4 is 0 Å². The van der Waals surface area contributed by atoms with Crippen molar-refractivity contribution in [2.75, 3.05) is 0 Å². The van der Waals surface area contributed by atoms with Crippen LogP contribution in [0.5, 0.6) is 0 Å². The zero-order valence-electron chi connectivity index (χ0n) is 37.9. The molecule has 308 valence electrons. The van der Waals surface area contributed by atoms with Gasteiger partial charge in [0, 0.05) is 0 Å². The topological polar surface area (TPSA) is 0 Å². The third-order valence-electron chi connectivity index (χ3n) is 10.6. The monoisotopic (exact) mass is 789 g/mol. The molecule has 8 aromatic rings. The normalized spacial score (nSPS) is 10.4. The Bertz CT molecular complexity index is 2400. The molecule has 8 aromatic carbocycles. The molecule has 0 aromatic heterocycles. The molecule has 0 saturated carbocycles. The lowest BCUT2D eigenvalue weighted by molar-refractivity contribution is 0.590. The number of unbranched alkanes of at least 4 members (excludes halogenated alkanes) is 1. The first-order chi connectivity index (χ1) is 28.9. The van der Waals surface area contributed by atoms with Crippen LogP contribution in [-0.2, 0) is 18.3 Å². The fourth-order valence-corrected chi connectivity index (χ4v) is 6.85. The number of benzene rings is 8. The Morgan fingerprint density at radius 2 is 0.933 bits per heavy atom. The summed E-state index contributed by atoms with van der Waals surface area (Å²) in [7, 11) is 0. The van der Waals surface area contributed by atoms with Gasteiger partial charge >= 0.3 is 0 Å². The van der Waals surface area contributed by atoms with Crippen molar-refractivity contribution in [2.24, 2.45) is 0 Å². The van der Waals surface area contributed by atoms with Gasteiger partial charge in [-0.1, -0.05) is 238 Å². The Morgan fingerprint density at radius 1 is 0.467 bits per heavy atom. The lowest BCUT2D eigenvalue weighted by atomic mass is 9.87. The van der Waals surface area contributed by atoms with Crippen LogP contribution in [0.2, 0.25) is 0 Å². The van der Waals surface area contributed by atoms with Gasteiger partial charge in [-0.05, 0) is 121 Å². The van der Waals surface area contributed by atoms with E-state index in [0.29, 0.717) is 0 Å². The fraction of sp³-hybridized carbons (Fsp3) is 0.233. The summed E-state index contributed by atoms with van der Waals surface area (Å²) in [6.45, 7) is 23.2. The summed E-state index contributed by atoms with van der Waals surface area (Å²) in [6, 6.07) is 64.5. The largest absolute Gasteiger partial charge is 0.103 e. The van der Waals surface area contributed by atoms with E-state index in [-0.39, 0.29) is 5.41 Å². The molecule has 8 rings (SSSR count). The van der Waals surface area contributed by atoms with E-state index in [1.165, 1.54) is 90.0 Å². The second-order valence-electron chi connectivity index (χ2n) is 16.8. The van der Waals surface area contributed by atoms with Gasteiger partial charge in [0.25, 0.3) is 0 Å². The summed E-state index contributed by atoms with van der Waals surface area (Å²) in [5, 5.41) is 5.42. The minimum absolute atomic E-state index is 0.285. The average molecular weight is 789 g/mol. The Balaban J connectivity index is 0.000000166. The molecule has 0 spiro atoms. The molecule has 0 bridgehead atoms. The first-order valence-electron chi connectivity index (χ1n) is 21.7. The van der Waals surface area contributed by atoms with Gasteiger partial charge in [0.15, 0.2) is 0 Å². The Labute approximate surface area is 363 Å². The highest BCUT2D eigenvalue weighted by Gasteiger charge is 2.12. The maximum Gasteiger partial charge on any atom is -0.0132 e. The van der Waals surface area contributed by atoms with E-state index in [1.807, 2.05) is 6.08 Å². The molecule has 0 nitrogen and oxygen atoms in total. The highest BCUT2D eigenvalue weighted by Crippen LogP contribution is 2.23. The van der Waals surface area contributed by atoms with Gasteiger partial charge in [-0.2, -0.15) is 0 Å². The molecule has 0 aliphatic rings. The number of allylic oxidation sites excluding steroid dienone is 1. The average Bonchev–Trinajstić information content (AvgIpc) is 3.25. The fourth-order valence-electron chi connectivity index (χ4n) is 6.85. The third-order valence-corrected chi connectivity index (χ3v) is 10.6. The molecule has 0 aliphatic carbocycles. The van der Waals surface area contributed by atoms with Crippen LogP contribution in [0.15, 0.2) is 195 Å². The van der Waals surface area contributed by atoms with E-state index in [2.05, 4.69) is 251 Å². The maximum absolute atomic E-state index is 3.71. The van der Waals surface area contributed by atoms with Crippen molar-refractivity contribution < 1.29 is 0 Å². The number of aryl methyl sites for hydroxylation is 7. The van der Waals surface area contributed by atoms with E-state index in [1.54, 1.807) is 0 Å². The van der Waals surface area contributed by atoms with Crippen molar-refractivity contribution in [3.8, 4) is 11.1 Å². The molecule has 0 saturated heterocycles. The molecule has 0 heteroatoms. The summed E-state index contributed by atoms with van der Waals surface area (Å²) in [6.07, 6.45) is 6.60. The van der Waals surface area contributed by atoms with Crippen LogP contribution in [0.3, 0.4) is 0 Å². The minimum Gasteiger partial charge on any atom is -0.103 e. The van der Waals surface area contributed by atoms with E-state index >= 15 is 0 Å². The number of hydrogen-bond donors (Lipinski definition) is 0. The second-order valence-corrected chi connectivity index (χ2v) is 16.8. The number of rotatable bonds is 6. The van der Waals surface area contributed by atoms with Gasteiger partial charge in [-0.25, -0.2) is 0 Å². The zero-order chi connectivity index (χ0) is 43.3. The summed E-state index contributed by atoms with van der Waals surface area (Å²) in [4.78, 5) is 0. The molecule has 0 unspecified atom stereocenters. The second kappa shape index (κ2) is 24.2. The molecule has 60 heavy (non-hydrogen) atoms. The van der Waals surface area contributed by atoms with E-state index in [9.17, 15) is 0 Å². The molecule has 0 heterocycles. The predicted molar refractivity (Wildman–Crippen MR) is 268 cm³/mol. The third kappa shape index (κ3) is 15.6. The molecule has 0 atom stereocenters. The molecule has 0 N–H and O–H groups in total. The summed E-state index contributed by atoms with van der Waals surface area (Å²) < 4.78 is 0. The van der Waals surface area contributed by atoms with E-state index < -0.39 is 0 Å². The van der Waals surface area contributed by atoms with Crippen LogP contribution >= 0.6 is 0 Å². The van der Waals surface area contributed by atoms with E-state index in [4.69, 9.17) is 0 Å². The Hall–Kier alpha value is -5.98. The van der Waals surface area contributed by atoms with E-state index in [0.717, 1.165) is 12.8 Å². The minimum atomic E-state index is 0.285. The first-order valence-corrected chi connectivity index (χ1v) is 21.7. The van der Waals surface area contributed by atoms with Gasteiger partial charge in [-0.3, -0.25) is 0 Å². The lowest BCUT2D eigenvalue weighted by Gasteiger charge is -2.18. The summed E-state index contributed by atoms with van der Waals surface area (Å²) in [5.41, 5.74) is 13.8. The van der Waals surface area contributed by atoms with Crippen LogP contribution in [0, 0.1) is 34.6 Å². The highest BCUT2D eigenvalue weighted by molar-refractivity contribution is 5.86. The highest BCUT2D eigenvalue weighted by atomic mass is 14.2. The zero-order valence-corrected chi connectivity index (χ0v) is 37.9. The number of fused-ring (bicyclic) bond motifs is 2. The van der Waals surface area contributed by atoms with Crippen LogP contribution in [-0.4, -0.2) is 0 Å². The van der Waals surface area contributed by atoms with Crippen LogP contribution in [0.4, 0.5) is 0 Å². The van der Waals surface area contributed by atoms with Gasteiger partial charge < -0.3 is 0 Å². The molecular formula is C60H68. The molecule has 0 radical (unpaired) electrons. The van der Waals surface area contributed by atoms with Crippen molar-refractivity contribution in [2.45, 2.75) is 93.4 Å². The summed E-state index contributed by atoms with van der Waals surface area (Å²) in [5.74, 6) is 0. The van der Waals surface area contributed by atoms with Crippen LogP contribution in [0.1, 0.15) is 85.0 Å². The van der Waals surface area contributed by atoms with Gasteiger partial charge in [-0.15, -0.1) is 6.58 Å². The Morgan fingerprint density at radius 3 is 1.43 bits per heavy atom. The lowest BCUT2D eigenvalue weighted by Crippen LogP contribution is -2.10. The van der Waals surface area contributed by atoms with Crippen molar-refractivity contribution in [3.05, 3.63) is 239 Å². The molecular weight excluding hydrogens is 721 g/mol. The van der Waals surface area contributed by atoms with Crippen molar-refractivity contribution >= 4 is 21.5 Å². The van der Waals surface area contributed by atoms with Gasteiger partial charge in [0.05, 0.1) is 0 Å². The van der Waals surface area contributed by atoms with Crippen molar-refractivity contribution in [1.82, 2.24) is 0 Å². The SMILES string of the molecule is C=CCCCc1cccc(C)c1.CCc1cccc2ccccc12.Cc1ccc(-c2ccc(C)cc2)cc1.Cc1ccc(C(C)(C)C)cc1.Cc1cccc2ccccc12. The predicted octanol–water partition coefficient (Wildman–Crippen LogP) is 17.3. The molecule has 0 fully saturated rings. The quantitative estimate of drug-likeness (QED) is 0.116. The Kier molecular flexibility index (Phi) is 18.8.